The van der Waals surface area contributed by atoms with Gasteiger partial charge in [-0.1, -0.05) is 13.8 Å². The molecule has 1 unspecified atom stereocenters. The molecule has 1 saturated heterocycles. The molecular formula is C8H18N2. The number of hydrogen-bond acceptors (Lipinski definition) is 2. The van der Waals surface area contributed by atoms with Crippen LogP contribution in [-0.2, 0) is 0 Å². The van der Waals surface area contributed by atoms with Crippen molar-refractivity contribution in [3.05, 3.63) is 0 Å². The van der Waals surface area contributed by atoms with Crippen LogP contribution in [0.25, 0.3) is 0 Å². The number of nitrogens with zero attached hydrogens (tertiary/aromatic N) is 1. The second-order valence-electron chi connectivity index (χ2n) is 2.95. The molecule has 0 amide bonds. The summed E-state index contributed by atoms with van der Waals surface area (Å²) in [4.78, 5) is 2.50. The number of nitrogens with one attached hydrogen (secondary N) is 1. The zero-order chi connectivity index (χ0) is 7.40. The zero-order valence-electron chi connectivity index (χ0n) is 7.06. The quantitative estimate of drug-likeness (QED) is 0.610. The second-order valence-corrected chi connectivity index (χ2v) is 2.95. The lowest BCUT2D eigenvalue weighted by atomic mass is 10.1. The molecule has 1 aliphatic heterocycles. The first-order chi connectivity index (χ1) is 4.86. The second kappa shape index (κ2) is 3.94. The van der Waals surface area contributed by atoms with Gasteiger partial charge in [-0.15, -0.1) is 0 Å². The molecule has 1 N–H and O–H groups in total. The number of hydrogen-bond donors (Lipinski definition) is 1. The molecule has 0 radical (unpaired) electrons. The average molecular weight is 142 g/mol. The van der Waals surface area contributed by atoms with Gasteiger partial charge in [0.15, 0.2) is 0 Å². The van der Waals surface area contributed by atoms with Crippen molar-refractivity contribution in [2.24, 2.45) is 0 Å². The molecule has 0 bridgehead atoms. The van der Waals surface area contributed by atoms with E-state index in [0.29, 0.717) is 0 Å². The predicted octanol–water partition coefficient (Wildman–Crippen LogP) is 0.690. The van der Waals surface area contributed by atoms with E-state index in [1.54, 1.807) is 0 Å². The molecule has 2 heteroatoms. The van der Waals surface area contributed by atoms with Crippen LogP contribution in [0.4, 0.5) is 0 Å². The predicted molar refractivity (Wildman–Crippen MR) is 44.2 cm³/mol. The Morgan fingerprint density at radius 1 is 1.50 bits per heavy atom. The van der Waals surface area contributed by atoms with E-state index in [2.05, 4.69) is 24.1 Å². The largest absolute Gasteiger partial charge is 0.311 e. The molecule has 0 aromatic heterocycles. The van der Waals surface area contributed by atoms with Crippen LogP contribution in [0.15, 0.2) is 0 Å². The summed E-state index contributed by atoms with van der Waals surface area (Å²) in [6, 6.07) is 0.744. The van der Waals surface area contributed by atoms with Gasteiger partial charge < -0.3 is 10.2 Å². The van der Waals surface area contributed by atoms with Gasteiger partial charge in [0.1, 0.15) is 0 Å². The smallest absolute Gasteiger partial charge is 0.0192 e. The Bertz CT molecular complexity index is 83.3. The molecule has 1 heterocycles. The lowest BCUT2D eigenvalue weighted by Gasteiger charge is -2.32. The van der Waals surface area contributed by atoms with E-state index in [1.807, 2.05) is 0 Å². The van der Waals surface area contributed by atoms with E-state index in [1.165, 1.54) is 32.6 Å². The Kier molecular flexibility index (Phi) is 3.16. The first-order valence-electron chi connectivity index (χ1n) is 4.32. The maximum atomic E-state index is 3.49. The lowest BCUT2D eigenvalue weighted by Crippen LogP contribution is -2.50. The summed E-state index contributed by atoms with van der Waals surface area (Å²) in [6.45, 7) is 9.33. The Morgan fingerprint density at radius 2 is 2.30 bits per heavy atom. The maximum absolute atomic E-state index is 3.49. The Balaban J connectivity index is 2.25. The van der Waals surface area contributed by atoms with Gasteiger partial charge in [0.25, 0.3) is 0 Å². The summed E-state index contributed by atoms with van der Waals surface area (Å²) >= 11 is 0. The first kappa shape index (κ1) is 8.02. The molecule has 10 heavy (non-hydrogen) atoms. The van der Waals surface area contributed by atoms with Crippen molar-refractivity contribution in [3.8, 4) is 0 Å². The Morgan fingerprint density at radius 3 is 2.90 bits per heavy atom. The van der Waals surface area contributed by atoms with Crippen LogP contribution in [0.3, 0.4) is 0 Å². The normalized spacial score (nSPS) is 28.8. The molecule has 0 aromatic carbocycles. The van der Waals surface area contributed by atoms with E-state index in [-0.39, 0.29) is 0 Å². The fourth-order valence-corrected chi connectivity index (χ4v) is 1.45. The van der Waals surface area contributed by atoms with Crippen LogP contribution in [-0.4, -0.2) is 37.1 Å². The van der Waals surface area contributed by atoms with E-state index < -0.39 is 0 Å². The molecule has 0 saturated carbocycles. The minimum absolute atomic E-state index is 0.744. The van der Waals surface area contributed by atoms with E-state index in [4.69, 9.17) is 0 Å². The van der Waals surface area contributed by atoms with Crippen LogP contribution in [0, 0.1) is 0 Å². The molecule has 1 atom stereocenters. The highest BCUT2D eigenvalue weighted by atomic mass is 15.2. The van der Waals surface area contributed by atoms with Crippen molar-refractivity contribution in [1.29, 1.82) is 0 Å². The van der Waals surface area contributed by atoms with Crippen molar-refractivity contribution >= 4 is 0 Å². The zero-order valence-corrected chi connectivity index (χ0v) is 7.06. The van der Waals surface area contributed by atoms with Gasteiger partial charge in [-0.05, 0) is 13.0 Å². The third kappa shape index (κ3) is 1.96. The minimum atomic E-state index is 0.744. The van der Waals surface area contributed by atoms with Gasteiger partial charge in [-0.2, -0.15) is 0 Å². The van der Waals surface area contributed by atoms with Crippen molar-refractivity contribution < 1.29 is 0 Å². The molecule has 0 aliphatic carbocycles. The summed E-state index contributed by atoms with van der Waals surface area (Å²) in [5.74, 6) is 0. The average Bonchev–Trinajstić information content (AvgIpc) is 2.05. The van der Waals surface area contributed by atoms with Crippen molar-refractivity contribution in [2.45, 2.75) is 26.3 Å². The minimum Gasteiger partial charge on any atom is -0.311 e. The van der Waals surface area contributed by atoms with Gasteiger partial charge in [0, 0.05) is 25.7 Å². The van der Waals surface area contributed by atoms with Crippen molar-refractivity contribution in [2.75, 3.05) is 26.2 Å². The highest BCUT2D eigenvalue weighted by molar-refractivity contribution is 4.76. The molecule has 1 fully saturated rings. The van der Waals surface area contributed by atoms with Crippen molar-refractivity contribution in [1.82, 2.24) is 10.2 Å². The van der Waals surface area contributed by atoms with Crippen LogP contribution in [0.1, 0.15) is 20.3 Å². The van der Waals surface area contributed by atoms with Crippen LogP contribution in [0.5, 0.6) is 0 Å². The van der Waals surface area contributed by atoms with Gasteiger partial charge >= 0.3 is 0 Å². The summed E-state index contributed by atoms with van der Waals surface area (Å²) in [5.41, 5.74) is 0. The highest BCUT2D eigenvalue weighted by Gasteiger charge is 2.15. The van der Waals surface area contributed by atoms with Gasteiger partial charge in [-0.25, -0.2) is 0 Å². The molecule has 1 aliphatic rings. The highest BCUT2D eigenvalue weighted by Crippen LogP contribution is 2.00. The number of piperazine rings is 1. The standard InChI is InChI=1S/C8H18N2/c1-3-8-7-10(4-2)6-5-9-8/h8-9H,3-7H2,1-2H3. The third-order valence-corrected chi connectivity index (χ3v) is 2.28. The fraction of sp³-hybridized carbons (Fsp3) is 1.00. The molecule has 60 valence electrons. The van der Waals surface area contributed by atoms with E-state index >= 15 is 0 Å². The molecule has 0 spiro atoms. The lowest BCUT2D eigenvalue weighted by molar-refractivity contribution is 0.206. The fourth-order valence-electron chi connectivity index (χ4n) is 1.45. The topological polar surface area (TPSA) is 15.3 Å². The first-order valence-corrected chi connectivity index (χ1v) is 4.32. The molecule has 0 aromatic rings. The van der Waals surface area contributed by atoms with Crippen LogP contribution in [0.2, 0.25) is 0 Å². The summed E-state index contributed by atoms with van der Waals surface area (Å²) in [5, 5.41) is 3.49. The third-order valence-electron chi connectivity index (χ3n) is 2.28. The van der Waals surface area contributed by atoms with E-state index in [9.17, 15) is 0 Å². The van der Waals surface area contributed by atoms with Gasteiger partial charge in [0.2, 0.25) is 0 Å². The van der Waals surface area contributed by atoms with Gasteiger partial charge in [-0.3, -0.25) is 0 Å². The maximum Gasteiger partial charge on any atom is 0.0192 e. The van der Waals surface area contributed by atoms with Crippen molar-refractivity contribution in [3.63, 3.8) is 0 Å². The summed E-state index contributed by atoms with van der Waals surface area (Å²) < 4.78 is 0. The summed E-state index contributed by atoms with van der Waals surface area (Å²) in [6.07, 6.45) is 1.26. The molecular weight excluding hydrogens is 124 g/mol. The summed E-state index contributed by atoms with van der Waals surface area (Å²) in [7, 11) is 0. The monoisotopic (exact) mass is 142 g/mol. The Labute approximate surface area is 63.6 Å². The van der Waals surface area contributed by atoms with Crippen LogP contribution >= 0.6 is 0 Å². The van der Waals surface area contributed by atoms with Gasteiger partial charge in [0.05, 0.1) is 0 Å². The SMILES string of the molecule is CCC1CN(CC)CCN1. The van der Waals surface area contributed by atoms with Crippen LogP contribution < -0.4 is 5.32 Å². The molecule has 1 rings (SSSR count). The van der Waals surface area contributed by atoms with E-state index in [0.717, 1.165) is 6.04 Å². The number of rotatable bonds is 2. The molecule has 2 nitrogen and oxygen atoms in total. The number of likely N-dealkylation sites (N-methyl/N-ethyl adjacent to an activating group) is 1. The Hall–Kier alpha value is -0.0800.